The van der Waals surface area contributed by atoms with Crippen LogP contribution in [0.5, 0.6) is 0 Å². The van der Waals surface area contributed by atoms with Gasteiger partial charge in [-0.15, -0.1) is 12.4 Å². The number of nitrogens with one attached hydrogen (secondary N) is 1. The number of nitrogens with zero attached hydrogens (tertiary/aromatic N) is 1. The van der Waals surface area contributed by atoms with E-state index in [1.54, 1.807) is 24.3 Å². The van der Waals surface area contributed by atoms with Gasteiger partial charge >= 0.3 is 0 Å². The summed E-state index contributed by atoms with van der Waals surface area (Å²) < 4.78 is 0. The molecule has 2 aromatic carbocycles. The molecule has 3 N–H and O–H groups in total. The van der Waals surface area contributed by atoms with Crippen LogP contribution >= 0.6 is 12.4 Å². The zero-order chi connectivity index (χ0) is 17.6. The summed E-state index contributed by atoms with van der Waals surface area (Å²) in [5, 5.41) is 2.98. The van der Waals surface area contributed by atoms with Crippen molar-refractivity contribution in [3.63, 3.8) is 0 Å². The highest BCUT2D eigenvalue weighted by molar-refractivity contribution is 5.99. The average Bonchev–Trinajstić information content (AvgIpc) is 2.67. The first kappa shape index (κ1) is 19.8. The number of carbonyl (C=O) groups excluding carboxylic acids is 2. The molecule has 2 amide bonds. The van der Waals surface area contributed by atoms with Crippen LogP contribution in [0.3, 0.4) is 0 Å². The number of hydrogen-bond acceptors (Lipinski definition) is 3. The van der Waals surface area contributed by atoms with Crippen molar-refractivity contribution < 1.29 is 9.59 Å². The van der Waals surface area contributed by atoms with Crippen LogP contribution in [0.2, 0.25) is 0 Å². The van der Waals surface area contributed by atoms with Gasteiger partial charge in [-0.1, -0.05) is 30.3 Å². The Bertz CT molecular complexity index is 752. The Hall–Kier alpha value is -2.53. The Balaban J connectivity index is 0.00000243. The highest BCUT2D eigenvalue weighted by atomic mass is 35.5. The van der Waals surface area contributed by atoms with Crippen molar-refractivity contribution in [2.45, 2.75) is 12.8 Å². The lowest BCUT2D eigenvalue weighted by atomic mass is 9.97. The third kappa shape index (κ3) is 4.76. The third-order valence-corrected chi connectivity index (χ3v) is 4.58. The van der Waals surface area contributed by atoms with Gasteiger partial charge in [0, 0.05) is 30.9 Å². The molecule has 6 heteroatoms. The lowest BCUT2D eigenvalue weighted by molar-refractivity contribution is 0.0672. The van der Waals surface area contributed by atoms with E-state index in [1.165, 1.54) is 0 Å². The lowest BCUT2D eigenvalue weighted by Gasteiger charge is -2.33. The number of halogens is 1. The van der Waals surface area contributed by atoms with Crippen molar-refractivity contribution in [1.82, 2.24) is 10.2 Å². The fourth-order valence-electron chi connectivity index (χ4n) is 3.21. The van der Waals surface area contributed by atoms with E-state index in [4.69, 9.17) is 5.73 Å². The molecule has 0 aliphatic carbocycles. The summed E-state index contributed by atoms with van der Waals surface area (Å²) >= 11 is 0. The molecule has 1 aliphatic heterocycles. The van der Waals surface area contributed by atoms with Gasteiger partial charge in [-0.3, -0.25) is 9.59 Å². The smallest absolute Gasteiger partial charge is 0.255 e. The quantitative estimate of drug-likeness (QED) is 0.809. The lowest BCUT2D eigenvalue weighted by Crippen LogP contribution is -2.43. The van der Waals surface area contributed by atoms with Gasteiger partial charge in [0.2, 0.25) is 0 Å². The van der Waals surface area contributed by atoms with Gasteiger partial charge < -0.3 is 16.0 Å². The van der Waals surface area contributed by atoms with Crippen LogP contribution in [-0.4, -0.2) is 36.3 Å². The molecule has 0 bridgehead atoms. The molecule has 26 heavy (non-hydrogen) atoms. The fourth-order valence-corrected chi connectivity index (χ4v) is 3.21. The molecule has 1 unspecified atom stereocenters. The number of anilines is 1. The summed E-state index contributed by atoms with van der Waals surface area (Å²) in [6, 6.07) is 16.3. The van der Waals surface area contributed by atoms with Crippen LogP contribution in [0.1, 0.15) is 33.6 Å². The molecule has 1 fully saturated rings. The van der Waals surface area contributed by atoms with E-state index in [0.29, 0.717) is 29.9 Å². The van der Waals surface area contributed by atoms with Gasteiger partial charge in [-0.05, 0) is 43.0 Å². The number of hydrogen-bond donors (Lipinski definition) is 2. The maximum atomic E-state index is 12.7. The van der Waals surface area contributed by atoms with Crippen LogP contribution in [0, 0.1) is 5.92 Å². The van der Waals surface area contributed by atoms with Crippen molar-refractivity contribution in [1.29, 1.82) is 0 Å². The zero-order valence-corrected chi connectivity index (χ0v) is 15.4. The zero-order valence-electron chi connectivity index (χ0n) is 14.6. The summed E-state index contributed by atoms with van der Waals surface area (Å²) in [5.41, 5.74) is 7.64. The summed E-state index contributed by atoms with van der Waals surface area (Å²) in [6.07, 6.45) is 1.94. The standard InChI is InChI=1S/C20H23N3O2.ClH/c21-18-11-5-4-10-17(18)20(25)23-12-6-7-15(14-23)13-22-19(24)16-8-2-1-3-9-16;/h1-5,8-11,15H,6-7,12-14,21H2,(H,22,24);1H. The normalized spacial score (nSPS) is 16.5. The second-order valence-electron chi connectivity index (χ2n) is 6.42. The van der Waals surface area contributed by atoms with E-state index < -0.39 is 0 Å². The maximum Gasteiger partial charge on any atom is 0.255 e. The third-order valence-electron chi connectivity index (χ3n) is 4.58. The number of rotatable bonds is 4. The molecule has 5 nitrogen and oxygen atoms in total. The number of nitrogens with two attached hydrogens (primary N) is 1. The minimum absolute atomic E-state index is 0. The molecule has 3 rings (SSSR count). The molecular weight excluding hydrogens is 350 g/mol. The number of piperidine rings is 1. The van der Waals surface area contributed by atoms with E-state index in [1.807, 2.05) is 35.2 Å². The summed E-state index contributed by atoms with van der Waals surface area (Å²) in [4.78, 5) is 26.7. The molecular formula is C20H24ClN3O2. The first-order chi connectivity index (χ1) is 12.1. The second kappa shape index (κ2) is 9.25. The monoisotopic (exact) mass is 373 g/mol. The number of amides is 2. The number of benzene rings is 2. The Labute approximate surface area is 160 Å². The number of nitrogen functional groups attached to an aromatic ring is 1. The van der Waals surface area contributed by atoms with E-state index in [0.717, 1.165) is 19.4 Å². The molecule has 1 atom stereocenters. The van der Waals surface area contributed by atoms with E-state index in [9.17, 15) is 9.59 Å². The Kier molecular flexibility index (Phi) is 7.04. The minimum Gasteiger partial charge on any atom is -0.398 e. The van der Waals surface area contributed by atoms with E-state index >= 15 is 0 Å². The van der Waals surface area contributed by atoms with E-state index in [2.05, 4.69) is 5.32 Å². The molecule has 2 aromatic rings. The number of likely N-dealkylation sites (tertiary alicyclic amines) is 1. The summed E-state index contributed by atoms with van der Waals surface area (Å²) in [5.74, 6) is 0.156. The van der Waals surface area contributed by atoms with Gasteiger partial charge in [0.05, 0.1) is 5.56 Å². The van der Waals surface area contributed by atoms with Crippen LogP contribution in [0.4, 0.5) is 5.69 Å². The molecule has 1 aliphatic rings. The Morgan fingerprint density at radius 1 is 1.08 bits per heavy atom. The Morgan fingerprint density at radius 2 is 1.77 bits per heavy atom. The van der Waals surface area contributed by atoms with Gasteiger partial charge in [-0.25, -0.2) is 0 Å². The highest BCUT2D eigenvalue weighted by Crippen LogP contribution is 2.20. The fraction of sp³-hybridized carbons (Fsp3) is 0.300. The SMILES string of the molecule is Cl.Nc1ccccc1C(=O)N1CCCC(CNC(=O)c2ccccc2)C1. The van der Waals surface area contributed by atoms with Crippen LogP contribution in [0.15, 0.2) is 54.6 Å². The molecule has 0 aromatic heterocycles. The first-order valence-electron chi connectivity index (χ1n) is 8.62. The van der Waals surface area contributed by atoms with Gasteiger partial charge in [-0.2, -0.15) is 0 Å². The van der Waals surface area contributed by atoms with Crippen molar-refractivity contribution >= 4 is 29.9 Å². The van der Waals surface area contributed by atoms with E-state index in [-0.39, 0.29) is 30.1 Å². The van der Waals surface area contributed by atoms with Crippen LogP contribution < -0.4 is 11.1 Å². The highest BCUT2D eigenvalue weighted by Gasteiger charge is 2.25. The van der Waals surface area contributed by atoms with Gasteiger partial charge in [0.1, 0.15) is 0 Å². The first-order valence-corrected chi connectivity index (χ1v) is 8.62. The molecule has 0 spiro atoms. The molecule has 138 valence electrons. The minimum atomic E-state index is -0.0728. The molecule has 1 heterocycles. The number of para-hydroxylation sites is 1. The largest absolute Gasteiger partial charge is 0.398 e. The molecule has 0 saturated carbocycles. The van der Waals surface area contributed by atoms with Crippen LogP contribution in [0.25, 0.3) is 0 Å². The summed E-state index contributed by atoms with van der Waals surface area (Å²) in [6.45, 7) is 1.94. The maximum absolute atomic E-state index is 12.7. The average molecular weight is 374 g/mol. The van der Waals surface area contributed by atoms with Crippen molar-refractivity contribution in [2.24, 2.45) is 5.92 Å². The van der Waals surface area contributed by atoms with Crippen LogP contribution in [-0.2, 0) is 0 Å². The van der Waals surface area contributed by atoms with Crippen molar-refractivity contribution in [3.8, 4) is 0 Å². The Morgan fingerprint density at radius 3 is 2.50 bits per heavy atom. The number of carbonyl (C=O) groups is 2. The predicted molar refractivity (Wildman–Crippen MR) is 106 cm³/mol. The van der Waals surface area contributed by atoms with Gasteiger partial charge in [0.15, 0.2) is 0 Å². The van der Waals surface area contributed by atoms with Crippen molar-refractivity contribution in [2.75, 3.05) is 25.4 Å². The molecule has 1 saturated heterocycles. The summed E-state index contributed by atoms with van der Waals surface area (Å²) in [7, 11) is 0. The van der Waals surface area contributed by atoms with Crippen molar-refractivity contribution in [3.05, 3.63) is 65.7 Å². The molecule has 0 radical (unpaired) electrons. The second-order valence-corrected chi connectivity index (χ2v) is 6.42. The topological polar surface area (TPSA) is 75.4 Å². The van der Waals surface area contributed by atoms with Gasteiger partial charge in [0.25, 0.3) is 11.8 Å². The predicted octanol–water partition coefficient (Wildman–Crippen LogP) is 2.97.